The topological polar surface area (TPSA) is 43.0 Å². The van der Waals surface area contributed by atoms with Gasteiger partial charge in [0.05, 0.1) is 30.9 Å². The molecule has 1 aromatic carbocycles. The smallest absolute Gasteiger partial charge is 0.174 e. The number of methoxy groups -OCH3 is 1. The zero-order chi connectivity index (χ0) is 16.9. The maximum Gasteiger partial charge on any atom is 0.174 e. The molecule has 0 amide bonds. The van der Waals surface area contributed by atoms with Crippen molar-refractivity contribution in [3.05, 3.63) is 22.2 Å². The van der Waals surface area contributed by atoms with Crippen molar-refractivity contribution < 1.29 is 14.2 Å². The van der Waals surface area contributed by atoms with Crippen molar-refractivity contribution in [3.63, 3.8) is 0 Å². The molecule has 24 heavy (non-hydrogen) atoms. The van der Waals surface area contributed by atoms with Crippen molar-refractivity contribution in [1.29, 1.82) is 0 Å². The Morgan fingerprint density at radius 1 is 1.38 bits per heavy atom. The van der Waals surface area contributed by atoms with Crippen LogP contribution in [0.1, 0.15) is 25.3 Å². The van der Waals surface area contributed by atoms with Gasteiger partial charge in [-0.2, -0.15) is 0 Å². The van der Waals surface area contributed by atoms with E-state index in [-0.39, 0.29) is 6.10 Å². The zero-order valence-corrected chi connectivity index (χ0v) is 16.1. The Balaban J connectivity index is 1.52. The number of ether oxygens (including phenoxy) is 3. The highest BCUT2D eigenvalue weighted by Gasteiger charge is 2.32. The van der Waals surface area contributed by atoms with Crippen LogP contribution in [0.2, 0.25) is 0 Å². The summed E-state index contributed by atoms with van der Waals surface area (Å²) >= 11 is 3.56. The maximum atomic E-state index is 5.89. The minimum atomic E-state index is 0.285. The number of benzene rings is 1. The molecule has 1 saturated heterocycles. The summed E-state index contributed by atoms with van der Waals surface area (Å²) in [6, 6.07) is 4.94. The molecule has 1 aliphatic heterocycles. The fraction of sp³-hybridized carbons (Fsp3) is 0.667. The zero-order valence-electron chi connectivity index (χ0n) is 14.5. The quantitative estimate of drug-likeness (QED) is 0.728. The van der Waals surface area contributed by atoms with Crippen LogP contribution in [0, 0.1) is 0 Å². The molecule has 3 rings (SSSR count). The van der Waals surface area contributed by atoms with Crippen LogP contribution in [0.25, 0.3) is 0 Å². The molecule has 1 aromatic rings. The molecule has 1 aliphatic carbocycles. The van der Waals surface area contributed by atoms with Crippen molar-refractivity contribution in [3.8, 4) is 11.5 Å². The van der Waals surface area contributed by atoms with Gasteiger partial charge in [0.1, 0.15) is 0 Å². The van der Waals surface area contributed by atoms with Crippen LogP contribution in [-0.4, -0.2) is 57.0 Å². The molecule has 2 aliphatic rings. The first-order valence-corrected chi connectivity index (χ1v) is 9.56. The maximum absolute atomic E-state index is 5.89. The van der Waals surface area contributed by atoms with Gasteiger partial charge in [-0.25, -0.2) is 0 Å². The number of nitrogens with zero attached hydrogens (tertiary/aromatic N) is 1. The molecule has 134 valence electrons. The molecule has 1 atom stereocenters. The van der Waals surface area contributed by atoms with Gasteiger partial charge >= 0.3 is 0 Å². The molecular formula is C18H27BrN2O3. The Kier molecular flexibility index (Phi) is 6.38. The highest BCUT2D eigenvalue weighted by Crippen LogP contribution is 2.36. The van der Waals surface area contributed by atoms with E-state index in [1.807, 2.05) is 13.0 Å². The molecule has 6 heteroatoms. The van der Waals surface area contributed by atoms with Gasteiger partial charge in [-0.05, 0) is 53.4 Å². The van der Waals surface area contributed by atoms with Crippen molar-refractivity contribution in [2.75, 3.05) is 40.0 Å². The number of hydrogen-bond donors (Lipinski definition) is 1. The molecule has 0 spiro atoms. The van der Waals surface area contributed by atoms with Crippen LogP contribution in [0.3, 0.4) is 0 Å². The Morgan fingerprint density at radius 2 is 2.21 bits per heavy atom. The van der Waals surface area contributed by atoms with E-state index in [4.69, 9.17) is 14.2 Å². The van der Waals surface area contributed by atoms with E-state index in [1.165, 1.54) is 18.4 Å². The summed E-state index contributed by atoms with van der Waals surface area (Å²) in [6.07, 6.45) is 3.01. The molecule has 0 radical (unpaired) electrons. The minimum absolute atomic E-state index is 0.285. The third-order valence-electron chi connectivity index (χ3n) is 4.51. The van der Waals surface area contributed by atoms with Crippen molar-refractivity contribution >= 4 is 15.9 Å². The van der Waals surface area contributed by atoms with Gasteiger partial charge in [0.2, 0.25) is 0 Å². The van der Waals surface area contributed by atoms with Crippen LogP contribution in [0.15, 0.2) is 16.6 Å². The molecular weight excluding hydrogens is 372 g/mol. The number of halogens is 1. The first-order chi connectivity index (χ1) is 11.7. The summed E-state index contributed by atoms with van der Waals surface area (Å²) in [6.45, 7) is 7.24. The lowest BCUT2D eigenvalue weighted by molar-refractivity contribution is -0.0301. The minimum Gasteiger partial charge on any atom is -0.492 e. The third-order valence-corrected chi connectivity index (χ3v) is 5.10. The average Bonchev–Trinajstić information content (AvgIpc) is 3.40. The third kappa shape index (κ3) is 4.63. The predicted octanol–water partition coefficient (Wildman–Crippen LogP) is 2.81. The SMILES string of the molecule is CCOc1cc(CNCC2CN(C3CC3)CCO2)cc(Br)c1OC. The Morgan fingerprint density at radius 3 is 2.92 bits per heavy atom. The van der Waals surface area contributed by atoms with Crippen LogP contribution in [-0.2, 0) is 11.3 Å². The number of hydrogen-bond acceptors (Lipinski definition) is 5. The van der Waals surface area contributed by atoms with E-state index in [2.05, 4.69) is 32.2 Å². The van der Waals surface area contributed by atoms with E-state index in [9.17, 15) is 0 Å². The van der Waals surface area contributed by atoms with Gasteiger partial charge in [-0.1, -0.05) is 0 Å². The van der Waals surface area contributed by atoms with Crippen LogP contribution in [0.4, 0.5) is 0 Å². The van der Waals surface area contributed by atoms with Gasteiger partial charge in [0.25, 0.3) is 0 Å². The Labute approximate surface area is 152 Å². The Hall–Kier alpha value is -0.820. The summed E-state index contributed by atoms with van der Waals surface area (Å²) in [5.41, 5.74) is 1.17. The summed E-state index contributed by atoms with van der Waals surface area (Å²) in [5.74, 6) is 1.52. The van der Waals surface area contributed by atoms with Crippen LogP contribution >= 0.6 is 15.9 Å². The van der Waals surface area contributed by atoms with Crippen LogP contribution < -0.4 is 14.8 Å². The first-order valence-electron chi connectivity index (χ1n) is 8.76. The molecule has 2 fully saturated rings. The number of morpholine rings is 1. The van der Waals surface area contributed by atoms with E-state index in [0.717, 1.165) is 54.8 Å². The summed E-state index contributed by atoms with van der Waals surface area (Å²) < 4.78 is 17.9. The summed E-state index contributed by atoms with van der Waals surface area (Å²) in [7, 11) is 1.66. The first kappa shape index (κ1) is 18.0. The second-order valence-electron chi connectivity index (χ2n) is 6.39. The van der Waals surface area contributed by atoms with E-state index >= 15 is 0 Å². The van der Waals surface area contributed by atoms with E-state index in [0.29, 0.717) is 6.61 Å². The van der Waals surface area contributed by atoms with Gasteiger partial charge < -0.3 is 19.5 Å². The van der Waals surface area contributed by atoms with E-state index < -0.39 is 0 Å². The lowest BCUT2D eigenvalue weighted by atomic mass is 10.2. The molecule has 1 heterocycles. The van der Waals surface area contributed by atoms with Gasteiger partial charge in [-0.3, -0.25) is 4.90 Å². The highest BCUT2D eigenvalue weighted by molar-refractivity contribution is 9.10. The van der Waals surface area contributed by atoms with Gasteiger partial charge in [-0.15, -0.1) is 0 Å². The molecule has 1 N–H and O–H groups in total. The largest absolute Gasteiger partial charge is 0.492 e. The Bertz CT molecular complexity index is 551. The summed E-state index contributed by atoms with van der Waals surface area (Å²) in [4.78, 5) is 2.58. The standard InChI is InChI=1S/C18H27BrN2O3/c1-3-23-17-9-13(8-16(19)18(17)22-2)10-20-11-15-12-21(6-7-24-15)14-4-5-14/h8-9,14-15,20H,3-7,10-12H2,1-2H3. The number of rotatable bonds is 8. The molecule has 5 nitrogen and oxygen atoms in total. The molecule has 1 saturated carbocycles. The average molecular weight is 399 g/mol. The summed E-state index contributed by atoms with van der Waals surface area (Å²) in [5, 5.41) is 3.52. The second kappa shape index (κ2) is 8.52. The predicted molar refractivity (Wildman–Crippen MR) is 97.9 cm³/mol. The van der Waals surface area contributed by atoms with Crippen molar-refractivity contribution in [2.45, 2.75) is 38.5 Å². The molecule has 0 aromatic heterocycles. The highest BCUT2D eigenvalue weighted by atomic mass is 79.9. The molecule has 0 bridgehead atoms. The second-order valence-corrected chi connectivity index (χ2v) is 7.25. The fourth-order valence-electron chi connectivity index (χ4n) is 3.20. The van der Waals surface area contributed by atoms with Gasteiger partial charge in [0.15, 0.2) is 11.5 Å². The van der Waals surface area contributed by atoms with E-state index in [1.54, 1.807) is 7.11 Å². The van der Waals surface area contributed by atoms with Crippen molar-refractivity contribution in [1.82, 2.24) is 10.2 Å². The normalized spacial score (nSPS) is 21.7. The van der Waals surface area contributed by atoms with Gasteiger partial charge in [0, 0.05) is 32.2 Å². The number of nitrogens with one attached hydrogen (secondary N) is 1. The fourth-order valence-corrected chi connectivity index (χ4v) is 3.85. The van der Waals surface area contributed by atoms with Crippen LogP contribution in [0.5, 0.6) is 11.5 Å². The monoisotopic (exact) mass is 398 g/mol. The molecule has 1 unspecified atom stereocenters. The van der Waals surface area contributed by atoms with Crippen molar-refractivity contribution in [2.24, 2.45) is 0 Å². The lowest BCUT2D eigenvalue weighted by Gasteiger charge is -2.33. The lowest BCUT2D eigenvalue weighted by Crippen LogP contribution is -2.47.